The molecule has 1 unspecified atom stereocenters. The maximum Gasteiger partial charge on any atom is 0.306 e. The van der Waals surface area contributed by atoms with Crippen LogP contribution in [0.3, 0.4) is 0 Å². The summed E-state index contributed by atoms with van der Waals surface area (Å²) in [6.07, 6.45) is 3.70. The Balaban J connectivity index is 1.76. The SMILES string of the molecule is CC(Cc1cn(-c2ccc(-c3ccc(C(=N)N)cc3)nn2)cn1)C(=O)O. The first-order chi connectivity index (χ1) is 12.4. The number of carbonyl (C=O) groups is 1. The summed E-state index contributed by atoms with van der Waals surface area (Å²) >= 11 is 0. The van der Waals surface area contributed by atoms with Crippen LogP contribution in [0.4, 0.5) is 0 Å². The Morgan fingerprint density at radius 2 is 1.96 bits per heavy atom. The zero-order valence-corrected chi connectivity index (χ0v) is 14.1. The van der Waals surface area contributed by atoms with Crippen molar-refractivity contribution < 1.29 is 9.90 Å². The molecule has 8 nitrogen and oxygen atoms in total. The van der Waals surface area contributed by atoms with Gasteiger partial charge in [-0.3, -0.25) is 14.8 Å². The Morgan fingerprint density at radius 1 is 1.23 bits per heavy atom. The van der Waals surface area contributed by atoms with Crippen LogP contribution in [-0.2, 0) is 11.2 Å². The Bertz CT molecular complexity index is 931. The van der Waals surface area contributed by atoms with E-state index < -0.39 is 11.9 Å². The van der Waals surface area contributed by atoms with Crippen LogP contribution in [0.1, 0.15) is 18.2 Å². The van der Waals surface area contributed by atoms with Gasteiger partial charge in [0.25, 0.3) is 0 Å². The number of hydrogen-bond donors (Lipinski definition) is 3. The lowest BCUT2D eigenvalue weighted by Crippen LogP contribution is -2.12. The summed E-state index contributed by atoms with van der Waals surface area (Å²) in [6.45, 7) is 1.65. The van der Waals surface area contributed by atoms with Crippen molar-refractivity contribution in [2.75, 3.05) is 0 Å². The zero-order chi connectivity index (χ0) is 18.7. The number of benzene rings is 1. The molecule has 0 saturated heterocycles. The second-order valence-corrected chi connectivity index (χ2v) is 5.98. The van der Waals surface area contributed by atoms with Crippen LogP contribution in [0.2, 0.25) is 0 Å². The quantitative estimate of drug-likeness (QED) is 0.459. The largest absolute Gasteiger partial charge is 0.481 e. The van der Waals surface area contributed by atoms with Gasteiger partial charge < -0.3 is 10.8 Å². The van der Waals surface area contributed by atoms with Crippen LogP contribution < -0.4 is 5.73 Å². The van der Waals surface area contributed by atoms with E-state index in [0.717, 1.165) is 5.56 Å². The second kappa shape index (κ2) is 7.14. The highest BCUT2D eigenvalue weighted by Crippen LogP contribution is 2.18. The fraction of sp³-hybridized carbons (Fsp3) is 0.167. The topological polar surface area (TPSA) is 131 Å². The molecule has 0 aliphatic rings. The van der Waals surface area contributed by atoms with Crippen molar-refractivity contribution in [2.24, 2.45) is 11.7 Å². The molecule has 3 rings (SSSR count). The minimum atomic E-state index is -0.848. The highest BCUT2D eigenvalue weighted by molar-refractivity contribution is 5.95. The van der Waals surface area contributed by atoms with Gasteiger partial charge >= 0.3 is 5.97 Å². The highest BCUT2D eigenvalue weighted by atomic mass is 16.4. The molecule has 4 N–H and O–H groups in total. The number of nitrogens with one attached hydrogen (secondary N) is 1. The van der Waals surface area contributed by atoms with Gasteiger partial charge in [0.2, 0.25) is 0 Å². The minimum Gasteiger partial charge on any atom is -0.481 e. The maximum atomic E-state index is 10.9. The third-order valence-electron chi connectivity index (χ3n) is 3.98. The molecule has 0 spiro atoms. The van der Waals surface area contributed by atoms with Gasteiger partial charge in [-0.25, -0.2) is 4.98 Å². The first kappa shape index (κ1) is 17.3. The molecule has 0 radical (unpaired) electrons. The fourth-order valence-corrected chi connectivity index (χ4v) is 2.43. The van der Waals surface area contributed by atoms with E-state index in [0.29, 0.717) is 29.2 Å². The van der Waals surface area contributed by atoms with Gasteiger partial charge in [-0.1, -0.05) is 31.2 Å². The van der Waals surface area contributed by atoms with E-state index in [9.17, 15) is 4.79 Å². The first-order valence-corrected chi connectivity index (χ1v) is 7.98. The molecule has 8 heteroatoms. The van der Waals surface area contributed by atoms with Crippen molar-refractivity contribution >= 4 is 11.8 Å². The average Bonchev–Trinajstić information content (AvgIpc) is 3.10. The Morgan fingerprint density at radius 3 is 2.54 bits per heavy atom. The molecule has 0 aliphatic heterocycles. The molecule has 3 aromatic rings. The molecule has 0 aliphatic carbocycles. The smallest absolute Gasteiger partial charge is 0.306 e. The summed E-state index contributed by atoms with van der Waals surface area (Å²) in [7, 11) is 0. The number of nitrogens with zero attached hydrogens (tertiary/aromatic N) is 4. The number of carboxylic acid groups (broad SMARTS) is 1. The number of nitrogens with two attached hydrogens (primary N) is 1. The predicted molar refractivity (Wildman–Crippen MR) is 96.1 cm³/mol. The number of nitrogen functional groups attached to an aromatic ring is 1. The molecule has 26 heavy (non-hydrogen) atoms. The Kier molecular flexibility index (Phi) is 4.74. The Hall–Kier alpha value is -3.55. The zero-order valence-electron chi connectivity index (χ0n) is 14.1. The highest BCUT2D eigenvalue weighted by Gasteiger charge is 2.14. The van der Waals surface area contributed by atoms with Crippen molar-refractivity contribution in [3.8, 4) is 17.1 Å². The van der Waals surface area contributed by atoms with E-state index >= 15 is 0 Å². The predicted octanol–water partition coefficient (Wildman–Crippen LogP) is 1.88. The van der Waals surface area contributed by atoms with Crippen LogP contribution >= 0.6 is 0 Å². The van der Waals surface area contributed by atoms with E-state index in [1.165, 1.54) is 0 Å². The van der Waals surface area contributed by atoms with E-state index in [-0.39, 0.29) is 5.84 Å². The average molecular weight is 350 g/mol. The molecule has 2 heterocycles. The fourth-order valence-electron chi connectivity index (χ4n) is 2.43. The van der Waals surface area contributed by atoms with Crippen molar-refractivity contribution in [1.82, 2.24) is 19.7 Å². The summed E-state index contributed by atoms with van der Waals surface area (Å²) in [6, 6.07) is 10.8. The molecule has 2 aromatic heterocycles. The molecular weight excluding hydrogens is 332 g/mol. The number of amidine groups is 1. The van der Waals surface area contributed by atoms with Crippen LogP contribution in [0.25, 0.3) is 17.1 Å². The molecular formula is C18H18N6O2. The number of rotatable bonds is 6. The van der Waals surface area contributed by atoms with Crippen LogP contribution in [0.15, 0.2) is 48.9 Å². The standard InChI is InChI=1S/C18H18N6O2/c1-11(18(25)26)8-14-9-24(10-21-14)16-7-6-15(22-23-16)12-2-4-13(5-3-12)17(19)20/h2-7,9-11H,8H2,1H3,(H3,19,20)(H,25,26). The first-order valence-electron chi connectivity index (χ1n) is 7.98. The normalized spacial score (nSPS) is 11.9. The van der Waals surface area contributed by atoms with Crippen LogP contribution in [-0.4, -0.2) is 36.7 Å². The Labute approximate surface area is 149 Å². The molecule has 1 aromatic carbocycles. The van der Waals surface area contributed by atoms with Gasteiger partial charge in [-0.15, -0.1) is 10.2 Å². The van der Waals surface area contributed by atoms with Crippen molar-refractivity contribution in [2.45, 2.75) is 13.3 Å². The van der Waals surface area contributed by atoms with E-state index in [1.807, 2.05) is 24.3 Å². The monoisotopic (exact) mass is 350 g/mol. The van der Waals surface area contributed by atoms with Gasteiger partial charge in [0.05, 0.1) is 17.3 Å². The third-order valence-corrected chi connectivity index (χ3v) is 3.98. The number of aromatic nitrogens is 4. The van der Waals surface area contributed by atoms with Gasteiger partial charge in [0.1, 0.15) is 12.2 Å². The van der Waals surface area contributed by atoms with Crippen LogP contribution in [0, 0.1) is 11.3 Å². The van der Waals surface area contributed by atoms with Gasteiger partial charge in [0, 0.05) is 23.7 Å². The van der Waals surface area contributed by atoms with Gasteiger partial charge in [-0.2, -0.15) is 0 Å². The molecule has 132 valence electrons. The second-order valence-electron chi connectivity index (χ2n) is 5.98. The van der Waals surface area contributed by atoms with Gasteiger partial charge in [0.15, 0.2) is 5.82 Å². The molecule has 0 fully saturated rings. The number of hydrogen-bond acceptors (Lipinski definition) is 5. The summed E-state index contributed by atoms with van der Waals surface area (Å²) in [5.74, 6) is -0.730. The number of imidazole rings is 1. The summed E-state index contributed by atoms with van der Waals surface area (Å²) in [4.78, 5) is 15.2. The molecule has 0 bridgehead atoms. The lowest BCUT2D eigenvalue weighted by atomic mass is 10.1. The van der Waals surface area contributed by atoms with Crippen LogP contribution in [0.5, 0.6) is 0 Å². The number of carboxylic acids is 1. The molecule has 0 saturated carbocycles. The van der Waals surface area contributed by atoms with E-state index in [2.05, 4.69) is 15.2 Å². The van der Waals surface area contributed by atoms with Crippen molar-refractivity contribution in [3.63, 3.8) is 0 Å². The van der Waals surface area contributed by atoms with E-state index in [4.69, 9.17) is 16.2 Å². The lowest BCUT2D eigenvalue weighted by molar-refractivity contribution is -0.141. The summed E-state index contributed by atoms with van der Waals surface area (Å²) in [5.41, 5.74) is 8.36. The molecule has 1 atom stereocenters. The third kappa shape index (κ3) is 3.75. The van der Waals surface area contributed by atoms with E-state index in [1.54, 1.807) is 36.1 Å². The summed E-state index contributed by atoms with van der Waals surface area (Å²) in [5, 5.41) is 24.8. The van der Waals surface area contributed by atoms with Gasteiger partial charge in [-0.05, 0) is 12.1 Å². The lowest BCUT2D eigenvalue weighted by Gasteiger charge is -2.04. The summed E-state index contributed by atoms with van der Waals surface area (Å²) < 4.78 is 1.71. The molecule has 0 amide bonds. The minimum absolute atomic E-state index is 0.0195. The van der Waals surface area contributed by atoms with Crippen molar-refractivity contribution in [3.05, 3.63) is 60.2 Å². The number of aliphatic carboxylic acids is 1. The van der Waals surface area contributed by atoms with Crippen molar-refractivity contribution in [1.29, 1.82) is 5.41 Å². The maximum absolute atomic E-state index is 10.9.